The van der Waals surface area contributed by atoms with Gasteiger partial charge in [-0.3, -0.25) is 4.90 Å². The van der Waals surface area contributed by atoms with E-state index in [1.54, 1.807) is 0 Å². The first-order chi connectivity index (χ1) is 11.1. The molecule has 1 aliphatic heterocycles. The first-order valence-corrected chi connectivity index (χ1v) is 9.14. The molecule has 23 heavy (non-hydrogen) atoms. The maximum Gasteiger partial charge on any atom is 0.0316 e. The minimum absolute atomic E-state index is 0.558. The molecule has 130 valence electrons. The van der Waals surface area contributed by atoms with Crippen molar-refractivity contribution in [1.29, 1.82) is 0 Å². The van der Waals surface area contributed by atoms with Gasteiger partial charge in [-0.2, -0.15) is 0 Å². The number of benzene rings is 1. The number of aryl methyl sites for hydroxylation is 1. The standard InChI is InChI=1S/C12H21N.C7H8.C3H8/c1-4-12(5-2)11(3)13-9-7-6-8-10-13;1-7-5-3-2-4-6-7;1-3-2/h4-5,11H,1,6-10H2,2-3H3;2-6H,1H3;3H2,1-2H3/b12-5+;;. The summed E-state index contributed by atoms with van der Waals surface area (Å²) >= 11 is 0. The first-order valence-electron chi connectivity index (χ1n) is 9.14. The van der Waals surface area contributed by atoms with Crippen LogP contribution in [0.15, 0.2) is 54.6 Å². The summed E-state index contributed by atoms with van der Waals surface area (Å²) < 4.78 is 0. The zero-order valence-electron chi connectivity index (χ0n) is 16.0. The molecule has 2 rings (SSSR count). The van der Waals surface area contributed by atoms with E-state index in [2.05, 4.69) is 64.3 Å². The quantitative estimate of drug-likeness (QED) is 0.583. The van der Waals surface area contributed by atoms with Gasteiger partial charge in [0.25, 0.3) is 0 Å². The van der Waals surface area contributed by atoms with Gasteiger partial charge >= 0.3 is 0 Å². The molecule has 1 unspecified atom stereocenters. The van der Waals surface area contributed by atoms with E-state index in [0.717, 1.165) is 0 Å². The van der Waals surface area contributed by atoms with Crippen LogP contribution in [0.25, 0.3) is 0 Å². The zero-order valence-corrected chi connectivity index (χ0v) is 16.0. The minimum atomic E-state index is 0.558. The fourth-order valence-corrected chi connectivity index (χ4v) is 2.58. The van der Waals surface area contributed by atoms with Crippen LogP contribution >= 0.6 is 0 Å². The molecule has 0 aliphatic carbocycles. The van der Waals surface area contributed by atoms with Gasteiger partial charge in [-0.05, 0) is 52.3 Å². The highest BCUT2D eigenvalue weighted by Crippen LogP contribution is 2.17. The lowest BCUT2D eigenvalue weighted by atomic mass is 10.0. The van der Waals surface area contributed by atoms with Gasteiger partial charge in [0.1, 0.15) is 0 Å². The van der Waals surface area contributed by atoms with Gasteiger partial charge in [-0.25, -0.2) is 0 Å². The molecule has 1 saturated heterocycles. The van der Waals surface area contributed by atoms with Crippen molar-refractivity contribution in [2.24, 2.45) is 0 Å². The van der Waals surface area contributed by atoms with Gasteiger partial charge in [0.15, 0.2) is 0 Å². The Labute approximate surface area is 145 Å². The number of nitrogens with zero attached hydrogens (tertiary/aromatic N) is 1. The molecule has 1 aromatic rings. The third-order valence-corrected chi connectivity index (χ3v) is 3.93. The summed E-state index contributed by atoms with van der Waals surface area (Å²) in [5.74, 6) is 0. The summed E-state index contributed by atoms with van der Waals surface area (Å²) in [4.78, 5) is 2.56. The minimum Gasteiger partial charge on any atom is -0.297 e. The molecular formula is C22H37N. The van der Waals surface area contributed by atoms with Crippen molar-refractivity contribution >= 4 is 0 Å². The van der Waals surface area contributed by atoms with Gasteiger partial charge in [-0.1, -0.05) is 81.3 Å². The second kappa shape index (κ2) is 14.3. The molecule has 0 bridgehead atoms. The van der Waals surface area contributed by atoms with Gasteiger partial charge in [0.2, 0.25) is 0 Å². The lowest BCUT2D eigenvalue weighted by molar-refractivity contribution is 0.196. The predicted molar refractivity (Wildman–Crippen MR) is 106 cm³/mol. The van der Waals surface area contributed by atoms with Gasteiger partial charge in [-0.15, -0.1) is 0 Å². The fraction of sp³-hybridized carbons (Fsp3) is 0.545. The van der Waals surface area contributed by atoms with Gasteiger partial charge < -0.3 is 0 Å². The summed E-state index contributed by atoms with van der Waals surface area (Å²) in [7, 11) is 0. The summed E-state index contributed by atoms with van der Waals surface area (Å²) in [6.07, 6.45) is 9.53. The number of hydrogen-bond donors (Lipinski definition) is 0. The van der Waals surface area contributed by atoms with E-state index in [9.17, 15) is 0 Å². The van der Waals surface area contributed by atoms with Crippen molar-refractivity contribution < 1.29 is 0 Å². The highest BCUT2D eigenvalue weighted by Gasteiger charge is 2.17. The SMILES string of the molecule is C=C/C(=C\C)C(C)N1CCCCC1.CCC.Cc1ccccc1. The van der Waals surface area contributed by atoms with E-state index in [1.807, 2.05) is 24.3 Å². The van der Waals surface area contributed by atoms with Crippen molar-refractivity contribution in [2.75, 3.05) is 13.1 Å². The van der Waals surface area contributed by atoms with E-state index in [0.29, 0.717) is 6.04 Å². The van der Waals surface area contributed by atoms with Crippen LogP contribution in [-0.2, 0) is 0 Å². The summed E-state index contributed by atoms with van der Waals surface area (Å²) in [5, 5.41) is 0. The van der Waals surface area contributed by atoms with Crippen LogP contribution in [0.1, 0.15) is 58.9 Å². The molecule has 0 spiro atoms. The average molecular weight is 316 g/mol. The monoisotopic (exact) mass is 315 g/mol. The predicted octanol–water partition coefficient (Wildman–Crippen LogP) is 6.40. The van der Waals surface area contributed by atoms with Crippen LogP contribution in [0.2, 0.25) is 0 Å². The topological polar surface area (TPSA) is 3.24 Å². The van der Waals surface area contributed by atoms with Crippen LogP contribution in [0.4, 0.5) is 0 Å². The Balaban J connectivity index is 0.000000404. The zero-order chi connectivity index (χ0) is 17.5. The number of rotatable bonds is 3. The molecule has 1 fully saturated rings. The number of piperidine rings is 1. The Morgan fingerprint density at radius 1 is 1.13 bits per heavy atom. The van der Waals surface area contributed by atoms with Crippen molar-refractivity contribution in [2.45, 2.75) is 66.3 Å². The Morgan fingerprint density at radius 3 is 2.00 bits per heavy atom. The highest BCUT2D eigenvalue weighted by atomic mass is 15.2. The Kier molecular flexibility index (Phi) is 13.4. The third kappa shape index (κ3) is 10.1. The van der Waals surface area contributed by atoms with Crippen LogP contribution in [-0.4, -0.2) is 24.0 Å². The van der Waals surface area contributed by atoms with E-state index in [4.69, 9.17) is 0 Å². The molecule has 0 saturated carbocycles. The molecule has 1 aromatic carbocycles. The average Bonchev–Trinajstić information content (AvgIpc) is 2.59. The van der Waals surface area contributed by atoms with E-state index in [1.165, 1.54) is 49.9 Å². The molecule has 1 heteroatoms. The summed E-state index contributed by atoms with van der Waals surface area (Å²) in [6, 6.07) is 10.8. The lowest BCUT2D eigenvalue weighted by Crippen LogP contribution is -2.38. The molecule has 0 radical (unpaired) electrons. The largest absolute Gasteiger partial charge is 0.297 e. The van der Waals surface area contributed by atoms with Crippen molar-refractivity contribution in [3.8, 4) is 0 Å². The van der Waals surface area contributed by atoms with Crippen LogP contribution in [0.3, 0.4) is 0 Å². The second-order valence-corrected chi connectivity index (χ2v) is 6.13. The molecular weight excluding hydrogens is 278 g/mol. The number of likely N-dealkylation sites (tertiary alicyclic amines) is 1. The molecule has 0 N–H and O–H groups in total. The van der Waals surface area contributed by atoms with E-state index < -0.39 is 0 Å². The third-order valence-electron chi connectivity index (χ3n) is 3.93. The fourth-order valence-electron chi connectivity index (χ4n) is 2.58. The maximum absolute atomic E-state index is 3.85. The summed E-state index contributed by atoms with van der Waals surface area (Å²) in [5.41, 5.74) is 2.68. The normalized spacial score (nSPS) is 16.3. The van der Waals surface area contributed by atoms with Crippen molar-refractivity contribution in [1.82, 2.24) is 4.90 Å². The van der Waals surface area contributed by atoms with E-state index in [-0.39, 0.29) is 0 Å². The lowest BCUT2D eigenvalue weighted by Gasteiger charge is -2.33. The smallest absolute Gasteiger partial charge is 0.0316 e. The Hall–Kier alpha value is -1.34. The molecule has 0 aromatic heterocycles. The van der Waals surface area contributed by atoms with Crippen molar-refractivity contribution in [3.63, 3.8) is 0 Å². The van der Waals surface area contributed by atoms with E-state index >= 15 is 0 Å². The Morgan fingerprint density at radius 2 is 1.65 bits per heavy atom. The molecule has 1 aliphatic rings. The summed E-state index contributed by atoms with van der Waals surface area (Å²) in [6.45, 7) is 17.1. The molecule has 1 atom stereocenters. The molecule has 1 nitrogen and oxygen atoms in total. The van der Waals surface area contributed by atoms with Gasteiger partial charge in [0.05, 0.1) is 0 Å². The van der Waals surface area contributed by atoms with Gasteiger partial charge in [0, 0.05) is 6.04 Å². The van der Waals surface area contributed by atoms with Crippen LogP contribution in [0, 0.1) is 6.92 Å². The van der Waals surface area contributed by atoms with Crippen molar-refractivity contribution in [3.05, 3.63) is 60.2 Å². The second-order valence-electron chi connectivity index (χ2n) is 6.13. The molecule has 1 heterocycles. The maximum atomic E-state index is 3.85. The highest BCUT2D eigenvalue weighted by molar-refractivity contribution is 5.21. The first kappa shape index (κ1) is 21.7. The molecule has 0 amide bonds. The van der Waals surface area contributed by atoms with Crippen LogP contribution < -0.4 is 0 Å². The Bertz CT molecular complexity index is 413. The van der Waals surface area contributed by atoms with Crippen LogP contribution in [0.5, 0.6) is 0 Å². The number of allylic oxidation sites excluding steroid dienone is 1. The number of hydrogen-bond acceptors (Lipinski definition) is 1.